The summed E-state index contributed by atoms with van der Waals surface area (Å²) in [5, 5.41) is 6.33. The zero-order valence-corrected chi connectivity index (χ0v) is 11.9. The zero-order valence-electron chi connectivity index (χ0n) is 11.9. The van der Waals surface area contributed by atoms with Crippen LogP contribution in [0.2, 0.25) is 0 Å². The molecule has 4 heteroatoms. The maximum Gasteiger partial charge on any atom is 0.241 e. The van der Waals surface area contributed by atoms with Crippen molar-refractivity contribution in [2.45, 2.75) is 38.1 Å². The number of amides is 1. The lowest BCUT2D eigenvalue weighted by Gasteiger charge is -2.23. The number of carbonyl (C=O) groups is 1. The summed E-state index contributed by atoms with van der Waals surface area (Å²) in [6, 6.07) is 8.18. The van der Waals surface area contributed by atoms with Gasteiger partial charge in [-0.05, 0) is 50.4 Å². The Morgan fingerprint density at radius 2 is 2.05 bits per heavy atom. The minimum absolute atomic E-state index is 0.0285. The van der Waals surface area contributed by atoms with Gasteiger partial charge in [-0.1, -0.05) is 12.5 Å². The van der Waals surface area contributed by atoms with Crippen LogP contribution in [0.3, 0.4) is 0 Å². The number of hydrogen-bond donors (Lipinski definition) is 2. The number of hydrogen-bond acceptors (Lipinski definition) is 3. The van der Waals surface area contributed by atoms with Crippen molar-refractivity contribution in [3.63, 3.8) is 0 Å². The summed E-state index contributed by atoms with van der Waals surface area (Å²) in [7, 11) is 0. The molecule has 0 unspecified atom stereocenters. The second-order valence-electron chi connectivity index (χ2n) is 5.74. The summed E-state index contributed by atoms with van der Waals surface area (Å²) < 4.78 is 0. The van der Waals surface area contributed by atoms with Gasteiger partial charge in [0.05, 0.1) is 6.04 Å². The third-order valence-corrected chi connectivity index (χ3v) is 4.21. The average molecular weight is 273 g/mol. The van der Waals surface area contributed by atoms with Gasteiger partial charge in [0, 0.05) is 24.5 Å². The van der Waals surface area contributed by atoms with Crippen molar-refractivity contribution in [2.75, 3.05) is 29.9 Å². The van der Waals surface area contributed by atoms with Gasteiger partial charge in [-0.25, -0.2) is 0 Å². The predicted octanol–water partition coefficient (Wildman–Crippen LogP) is 2.37. The fraction of sp³-hybridized carbons (Fsp3) is 0.562. The van der Waals surface area contributed by atoms with Gasteiger partial charge < -0.3 is 15.5 Å². The molecule has 0 aliphatic carbocycles. The predicted molar refractivity (Wildman–Crippen MR) is 82.2 cm³/mol. The Morgan fingerprint density at radius 3 is 2.80 bits per heavy atom. The summed E-state index contributed by atoms with van der Waals surface area (Å²) in [5.74, 6) is 0.100. The van der Waals surface area contributed by atoms with Crippen molar-refractivity contribution in [3.8, 4) is 0 Å². The molecule has 1 aromatic rings. The van der Waals surface area contributed by atoms with Crippen molar-refractivity contribution in [1.29, 1.82) is 0 Å². The van der Waals surface area contributed by atoms with E-state index >= 15 is 0 Å². The summed E-state index contributed by atoms with van der Waals surface area (Å²) in [6.45, 7) is 3.20. The lowest BCUT2D eigenvalue weighted by Crippen LogP contribution is -2.43. The van der Waals surface area contributed by atoms with Crippen LogP contribution in [0.15, 0.2) is 24.3 Å². The van der Waals surface area contributed by atoms with Gasteiger partial charge in [-0.15, -0.1) is 0 Å². The number of anilines is 2. The lowest BCUT2D eigenvalue weighted by atomic mass is 10.0. The number of nitrogens with one attached hydrogen (secondary N) is 2. The first-order chi connectivity index (χ1) is 9.83. The van der Waals surface area contributed by atoms with Gasteiger partial charge >= 0.3 is 0 Å². The molecule has 0 saturated carbocycles. The first kappa shape index (κ1) is 13.4. The molecule has 1 aromatic carbocycles. The van der Waals surface area contributed by atoms with E-state index in [1.807, 2.05) is 12.1 Å². The average Bonchev–Trinajstić information content (AvgIpc) is 3.03. The molecular weight excluding hydrogens is 250 g/mol. The van der Waals surface area contributed by atoms with Gasteiger partial charge in [0.25, 0.3) is 0 Å². The molecule has 2 N–H and O–H groups in total. The van der Waals surface area contributed by atoms with E-state index in [4.69, 9.17) is 0 Å². The third kappa shape index (κ3) is 3.12. The first-order valence-corrected chi connectivity index (χ1v) is 7.72. The highest BCUT2D eigenvalue weighted by atomic mass is 16.2. The lowest BCUT2D eigenvalue weighted by molar-refractivity contribution is -0.118. The monoisotopic (exact) mass is 273 g/mol. The van der Waals surface area contributed by atoms with Crippen LogP contribution in [-0.2, 0) is 4.79 Å². The fourth-order valence-corrected chi connectivity index (χ4v) is 3.06. The van der Waals surface area contributed by atoms with Crippen molar-refractivity contribution in [2.24, 2.45) is 0 Å². The number of nitrogens with zero attached hydrogens (tertiary/aromatic N) is 1. The minimum atomic E-state index is -0.0285. The first-order valence-electron chi connectivity index (χ1n) is 7.72. The van der Waals surface area contributed by atoms with Crippen LogP contribution in [0, 0.1) is 0 Å². The summed E-state index contributed by atoms with van der Waals surface area (Å²) >= 11 is 0. The SMILES string of the molecule is O=C(Nc1cccc(N2CCCC2)c1)[C@H]1CCCCN1. The van der Waals surface area contributed by atoms with Gasteiger partial charge in [0.2, 0.25) is 5.91 Å². The molecule has 0 aromatic heterocycles. The van der Waals surface area contributed by atoms with Crippen molar-refractivity contribution in [1.82, 2.24) is 5.32 Å². The van der Waals surface area contributed by atoms with E-state index in [0.29, 0.717) is 0 Å². The number of piperidine rings is 1. The van der Waals surface area contributed by atoms with Crippen LogP contribution in [0.5, 0.6) is 0 Å². The second-order valence-corrected chi connectivity index (χ2v) is 5.74. The summed E-state index contributed by atoms with van der Waals surface area (Å²) in [5.41, 5.74) is 2.13. The standard InChI is InChI=1S/C16H23N3O/c20-16(15-8-1-2-9-17-15)18-13-6-5-7-14(12-13)19-10-3-4-11-19/h5-7,12,15,17H,1-4,8-11H2,(H,18,20)/t15-/m1/s1. The maximum absolute atomic E-state index is 12.2. The molecule has 0 spiro atoms. The molecule has 2 aliphatic rings. The molecule has 3 rings (SSSR count). The summed E-state index contributed by atoms with van der Waals surface area (Å²) in [4.78, 5) is 14.6. The molecule has 0 bridgehead atoms. The molecule has 1 atom stereocenters. The van der Waals surface area contributed by atoms with E-state index in [0.717, 1.165) is 38.2 Å². The third-order valence-electron chi connectivity index (χ3n) is 4.21. The highest BCUT2D eigenvalue weighted by Crippen LogP contribution is 2.23. The fourth-order valence-electron chi connectivity index (χ4n) is 3.06. The van der Waals surface area contributed by atoms with Crippen molar-refractivity contribution >= 4 is 17.3 Å². The van der Waals surface area contributed by atoms with Gasteiger partial charge in [0.15, 0.2) is 0 Å². The van der Waals surface area contributed by atoms with E-state index < -0.39 is 0 Å². The normalized spacial score (nSPS) is 22.8. The molecule has 2 aliphatic heterocycles. The highest BCUT2D eigenvalue weighted by Gasteiger charge is 2.20. The van der Waals surface area contributed by atoms with E-state index in [-0.39, 0.29) is 11.9 Å². The topological polar surface area (TPSA) is 44.4 Å². The van der Waals surface area contributed by atoms with Crippen LogP contribution in [0.4, 0.5) is 11.4 Å². The molecule has 2 saturated heterocycles. The van der Waals surface area contributed by atoms with Crippen LogP contribution in [-0.4, -0.2) is 31.6 Å². The zero-order chi connectivity index (χ0) is 13.8. The smallest absolute Gasteiger partial charge is 0.241 e. The minimum Gasteiger partial charge on any atom is -0.371 e. The molecule has 2 fully saturated rings. The Hall–Kier alpha value is -1.55. The van der Waals surface area contributed by atoms with Crippen molar-refractivity contribution in [3.05, 3.63) is 24.3 Å². The Balaban J connectivity index is 1.64. The Kier molecular flexibility index (Phi) is 4.21. The van der Waals surface area contributed by atoms with Crippen LogP contribution in [0.25, 0.3) is 0 Å². The number of rotatable bonds is 3. The molecule has 1 amide bonds. The van der Waals surface area contributed by atoms with E-state index in [1.165, 1.54) is 24.9 Å². The molecule has 4 nitrogen and oxygen atoms in total. The molecule has 0 radical (unpaired) electrons. The van der Waals surface area contributed by atoms with Crippen LogP contribution < -0.4 is 15.5 Å². The molecule has 108 valence electrons. The molecule has 2 heterocycles. The molecule has 20 heavy (non-hydrogen) atoms. The van der Waals surface area contributed by atoms with Gasteiger partial charge in [-0.3, -0.25) is 4.79 Å². The largest absolute Gasteiger partial charge is 0.371 e. The molecular formula is C16H23N3O. The van der Waals surface area contributed by atoms with E-state index in [9.17, 15) is 4.79 Å². The summed E-state index contributed by atoms with van der Waals surface area (Å²) in [6.07, 6.45) is 5.79. The van der Waals surface area contributed by atoms with E-state index in [2.05, 4.69) is 27.7 Å². The highest BCUT2D eigenvalue weighted by molar-refractivity contribution is 5.95. The van der Waals surface area contributed by atoms with Crippen LogP contribution in [0.1, 0.15) is 32.1 Å². The maximum atomic E-state index is 12.2. The van der Waals surface area contributed by atoms with Crippen molar-refractivity contribution < 1.29 is 4.79 Å². The van der Waals surface area contributed by atoms with Crippen LogP contribution >= 0.6 is 0 Å². The van der Waals surface area contributed by atoms with Gasteiger partial charge in [-0.2, -0.15) is 0 Å². The Bertz CT molecular complexity index is 463. The van der Waals surface area contributed by atoms with E-state index in [1.54, 1.807) is 0 Å². The second kappa shape index (κ2) is 6.27. The quantitative estimate of drug-likeness (QED) is 0.888. The Morgan fingerprint density at radius 1 is 1.20 bits per heavy atom. The number of benzene rings is 1. The van der Waals surface area contributed by atoms with Gasteiger partial charge in [0.1, 0.15) is 0 Å². The number of carbonyl (C=O) groups excluding carboxylic acids is 1. The Labute approximate surface area is 120 Å².